The lowest BCUT2D eigenvalue weighted by atomic mass is 9.74. The first kappa shape index (κ1) is 17.5. The SMILES string of the molecule is O=[N+]([O-])c1cc(F)ccc1NCC1(c2ccc3c(c2)OCO3)CCOCC1. The summed E-state index contributed by atoms with van der Waals surface area (Å²) in [4.78, 5) is 10.7. The van der Waals surface area contributed by atoms with Gasteiger partial charge in [0.05, 0.1) is 11.0 Å². The first-order chi connectivity index (χ1) is 13.1. The van der Waals surface area contributed by atoms with Crippen molar-refractivity contribution in [3.63, 3.8) is 0 Å². The van der Waals surface area contributed by atoms with Gasteiger partial charge in [0, 0.05) is 25.2 Å². The summed E-state index contributed by atoms with van der Waals surface area (Å²) >= 11 is 0. The maximum Gasteiger partial charge on any atom is 0.295 e. The van der Waals surface area contributed by atoms with Crippen LogP contribution in [-0.2, 0) is 10.2 Å². The van der Waals surface area contributed by atoms with Gasteiger partial charge in [-0.25, -0.2) is 4.39 Å². The van der Waals surface area contributed by atoms with E-state index in [0.29, 0.717) is 36.9 Å². The smallest absolute Gasteiger partial charge is 0.295 e. The van der Waals surface area contributed by atoms with Crippen LogP contribution in [0.15, 0.2) is 36.4 Å². The second-order valence-corrected chi connectivity index (χ2v) is 6.73. The minimum Gasteiger partial charge on any atom is -0.454 e. The molecule has 2 aliphatic heterocycles. The predicted molar refractivity (Wildman–Crippen MR) is 95.8 cm³/mol. The van der Waals surface area contributed by atoms with Gasteiger partial charge in [0.25, 0.3) is 5.69 Å². The van der Waals surface area contributed by atoms with E-state index in [0.717, 1.165) is 24.5 Å². The number of anilines is 1. The van der Waals surface area contributed by atoms with E-state index in [9.17, 15) is 14.5 Å². The third-order valence-corrected chi connectivity index (χ3v) is 5.21. The Morgan fingerprint density at radius 2 is 1.89 bits per heavy atom. The zero-order valence-corrected chi connectivity index (χ0v) is 14.6. The van der Waals surface area contributed by atoms with E-state index < -0.39 is 10.7 Å². The fraction of sp³-hybridized carbons (Fsp3) is 0.368. The van der Waals surface area contributed by atoms with Crippen molar-refractivity contribution < 1.29 is 23.5 Å². The molecule has 7 nitrogen and oxygen atoms in total. The van der Waals surface area contributed by atoms with Gasteiger partial charge in [-0.3, -0.25) is 10.1 Å². The van der Waals surface area contributed by atoms with Crippen LogP contribution in [0.3, 0.4) is 0 Å². The largest absolute Gasteiger partial charge is 0.454 e. The molecule has 2 heterocycles. The highest BCUT2D eigenvalue weighted by Crippen LogP contribution is 2.41. The Kier molecular flexibility index (Phi) is 4.57. The van der Waals surface area contributed by atoms with Crippen molar-refractivity contribution in [1.82, 2.24) is 0 Å². The van der Waals surface area contributed by atoms with Gasteiger partial charge in [0.2, 0.25) is 6.79 Å². The molecule has 2 aromatic rings. The summed E-state index contributed by atoms with van der Waals surface area (Å²) in [6, 6.07) is 9.40. The molecule has 8 heteroatoms. The second kappa shape index (κ2) is 7.03. The molecule has 0 aliphatic carbocycles. The molecule has 0 spiro atoms. The summed E-state index contributed by atoms with van der Waals surface area (Å²) in [6.07, 6.45) is 1.52. The summed E-state index contributed by atoms with van der Waals surface area (Å²) in [5.74, 6) is 0.776. The van der Waals surface area contributed by atoms with E-state index in [4.69, 9.17) is 14.2 Å². The average Bonchev–Trinajstić information content (AvgIpc) is 3.15. The first-order valence-electron chi connectivity index (χ1n) is 8.73. The lowest BCUT2D eigenvalue weighted by Gasteiger charge is -2.38. The molecule has 0 amide bonds. The van der Waals surface area contributed by atoms with Gasteiger partial charge in [-0.15, -0.1) is 0 Å². The highest BCUT2D eigenvalue weighted by molar-refractivity contribution is 5.62. The maximum atomic E-state index is 13.4. The molecule has 142 valence electrons. The molecule has 0 atom stereocenters. The number of hydrogen-bond donors (Lipinski definition) is 1. The van der Waals surface area contributed by atoms with E-state index in [1.54, 1.807) is 0 Å². The molecular formula is C19H19FN2O5. The van der Waals surface area contributed by atoms with Crippen molar-refractivity contribution in [3.05, 3.63) is 57.9 Å². The van der Waals surface area contributed by atoms with Crippen LogP contribution < -0.4 is 14.8 Å². The number of ether oxygens (including phenoxy) is 3. The number of fused-ring (bicyclic) bond motifs is 1. The van der Waals surface area contributed by atoms with Crippen molar-refractivity contribution in [3.8, 4) is 11.5 Å². The Morgan fingerprint density at radius 3 is 2.67 bits per heavy atom. The lowest BCUT2D eigenvalue weighted by Crippen LogP contribution is -2.40. The average molecular weight is 374 g/mol. The van der Waals surface area contributed by atoms with E-state index in [1.165, 1.54) is 12.1 Å². The topological polar surface area (TPSA) is 82.9 Å². The van der Waals surface area contributed by atoms with Crippen molar-refractivity contribution >= 4 is 11.4 Å². The monoisotopic (exact) mass is 374 g/mol. The van der Waals surface area contributed by atoms with Crippen molar-refractivity contribution in [2.75, 3.05) is 31.9 Å². The molecule has 2 aromatic carbocycles. The molecule has 0 unspecified atom stereocenters. The zero-order valence-electron chi connectivity index (χ0n) is 14.6. The molecule has 1 N–H and O–H groups in total. The predicted octanol–water partition coefficient (Wildman–Crippen LogP) is 3.62. The number of nitrogens with zero attached hydrogens (tertiary/aromatic N) is 1. The standard InChI is InChI=1S/C19H19FN2O5/c20-14-2-3-15(16(10-14)22(23)24)21-11-19(5-7-25-8-6-19)13-1-4-17-18(9-13)27-12-26-17/h1-4,9-10,21H,5-8,11-12H2. The second-order valence-electron chi connectivity index (χ2n) is 6.73. The summed E-state index contributed by atoms with van der Waals surface area (Å²) in [7, 11) is 0. The summed E-state index contributed by atoms with van der Waals surface area (Å²) < 4.78 is 29.8. The minimum absolute atomic E-state index is 0.203. The number of nitro groups is 1. The van der Waals surface area contributed by atoms with Crippen LogP contribution in [-0.4, -0.2) is 31.5 Å². The molecule has 1 fully saturated rings. The Bertz CT molecular complexity index is 867. The Labute approximate surface area is 155 Å². The molecule has 4 rings (SSSR count). The number of halogens is 1. The number of nitrogens with one attached hydrogen (secondary N) is 1. The quantitative estimate of drug-likeness (QED) is 0.636. The van der Waals surface area contributed by atoms with Crippen LogP contribution >= 0.6 is 0 Å². The number of benzene rings is 2. The van der Waals surface area contributed by atoms with Crippen LogP contribution in [0.2, 0.25) is 0 Å². The molecule has 27 heavy (non-hydrogen) atoms. The van der Waals surface area contributed by atoms with Gasteiger partial charge < -0.3 is 19.5 Å². The lowest BCUT2D eigenvalue weighted by molar-refractivity contribution is -0.384. The van der Waals surface area contributed by atoms with Gasteiger partial charge >= 0.3 is 0 Å². The Hall–Kier alpha value is -2.87. The number of rotatable bonds is 5. The fourth-order valence-corrected chi connectivity index (χ4v) is 3.63. The Morgan fingerprint density at radius 1 is 1.11 bits per heavy atom. The molecule has 0 bridgehead atoms. The molecule has 2 aliphatic rings. The Balaban J connectivity index is 1.63. The third kappa shape index (κ3) is 3.40. The molecular weight excluding hydrogens is 355 g/mol. The van der Waals surface area contributed by atoms with Crippen LogP contribution in [0.4, 0.5) is 15.8 Å². The molecule has 0 aromatic heterocycles. The molecule has 1 saturated heterocycles. The highest BCUT2D eigenvalue weighted by Gasteiger charge is 2.36. The summed E-state index contributed by atoms with van der Waals surface area (Å²) in [5, 5.41) is 14.4. The van der Waals surface area contributed by atoms with Gasteiger partial charge in [-0.1, -0.05) is 6.07 Å². The van der Waals surface area contributed by atoms with Crippen LogP contribution in [0.25, 0.3) is 0 Å². The van der Waals surface area contributed by atoms with Gasteiger partial charge in [0.15, 0.2) is 11.5 Å². The normalized spacial score (nSPS) is 17.5. The van der Waals surface area contributed by atoms with E-state index in [-0.39, 0.29) is 17.9 Å². The van der Waals surface area contributed by atoms with E-state index in [2.05, 4.69) is 5.32 Å². The van der Waals surface area contributed by atoms with E-state index >= 15 is 0 Å². The van der Waals surface area contributed by atoms with Gasteiger partial charge in [-0.05, 0) is 42.7 Å². The first-order valence-corrected chi connectivity index (χ1v) is 8.73. The van der Waals surface area contributed by atoms with Crippen LogP contribution in [0.5, 0.6) is 11.5 Å². The van der Waals surface area contributed by atoms with Gasteiger partial charge in [0.1, 0.15) is 11.5 Å². The fourth-order valence-electron chi connectivity index (χ4n) is 3.63. The zero-order chi connectivity index (χ0) is 18.9. The highest BCUT2D eigenvalue weighted by atomic mass is 19.1. The van der Waals surface area contributed by atoms with Crippen LogP contribution in [0.1, 0.15) is 18.4 Å². The van der Waals surface area contributed by atoms with E-state index in [1.807, 2.05) is 18.2 Å². The van der Waals surface area contributed by atoms with Crippen molar-refractivity contribution in [2.45, 2.75) is 18.3 Å². The maximum absolute atomic E-state index is 13.4. The third-order valence-electron chi connectivity index (χ3n) is 5.21. The molecule has 0 saturated carbocycles. The number of nitro benzene ring substituents is 1. The minimum atomic E-state index is -0.635. The number of hydrogen-bond acceptors (Lipinski definition) is 6. The van der Waals surface area contributed by atoms with Gasteiger partial charge in [-0.2, -0.15) is 0 Å². The summed E-state index contributed by atoms with van der Waals surface area (Å²) in [5.41, 5.74) is 0.810. The van der Waals surface area contributed by atoms with Crippen molar-refractivity contribution in [2.24, 2.45) is 0 Å². The molecule has 0 radical (unpaired) electrons. The summed E-state index contributed by atoms with van der Waals surface area (Å²) in [6.45, 7) is 1.86. The van der Waals surface area contributed by atoms with Crippen molar-refractivity contribution in [1.29, 1.82) is 0 Å². The van der Waals surface area contributed by atoms with Crippen LogP contribution in [0, 0.1) is 15.9 Å².